The maximum absolute atomic E-state index is 12.7. The molecule has 0 aliphatic carbocycles. The lowest BCUT2D eigenvalue weighted by Crippen LogP contribution is -2.43. The molecule has 2 saturated heterocycles. The molecule has 1 amide bonds. The third-order valence-corrected chi connectivity index (χ3v) is 5.62. The Balaban J connectivity index is 1.45. The maximum Gasteiger partial charge on any atom is 0.257 e. The summed E-state index contributed by atoms with van der Waals surface area (Å²) in [6, 6.07) is 1.73. The van der Waals surface area contributed by atoms with Gasteiger partial charge in [0, 0.05) is 36.6 Å². The van der Waals surface area contributed by atoms with Crippen LogP contribution in [0, 0.1) is 5.41 Å². The molecule has 128 valence electrons. The van der Waals surface area contributed by atoms with Crippen LogP contribution < -0.4 is 0 Å². The number of furan rings is 1. The molecule has 2 aromatic heterocycles. The summed E-state index contributed by atoms with van der Waals surface area (Å²) in [5.41, 5.74) is 0.636. The van der Waals surface area contributed by atoms with Crippen molar-refractivity contribution in [1.29, 1.82) is 0 Å². The van der Waals surface area contributed by atoms with Crippen LogP contribution in [0.1, 0.15) is 21.8 Å². The van der Waals surface area contributed by atoms with E-state index in [4.69, 9.17) is 9.15 Å². The van der Waals surface area contributed by atoms with Crippen molar-refractivity contribution < 1.29 is 13.9 Å². The minimum atomic E-state index is 0.0210. The fourth-order valence-electron chi connectivity index (χ4n) is 3.67. The number of nitrogens with zero attached hydrogens (tertiary/aromatic N) is 3. The smallest absolute Gasteiger partial charge is 0.257 e. The average molecular weight is 347 g/mol. The molecule has 4 rings (SSSR count). The summed E-state index contributed by atoms with van der Waals surface area (Å²) in [4.78, 5) is 21.4. The summed E-state index contributed by atoms with van der Waals surface area (Å²) < 4.78 is 10.9. The van der Waals surface area contributed by atoms with E-state index >= 15 is 0 Å². The van der Waals surface area contributed by atoms with Gasteiger partial charge in [0.1, 0.15) is 11.3 Å². The highest BCUT2D eigenvalue weighted by Gasteiger charge is 2.42. The van der Waals surface area contributed by atoms with Crippen molar-refractivity contribution in [2.45, 2.75) is 13.0 Å². The van der Waals surface area contributed by atoms with Crippen molar-refractivity contribution in [2.75, 3.05) is 39.4 Å². The zero-order chi connectivity index (χ0) is 16.4. The van der Waals surface area contributed by atoms with Gasteiger partial charge in [-0.1, -0.05) is 0 Å². The first-order valence-electron chi connectivity index (χ1n) is 8.24. The van der Waals surface area contributed by atoms with Crippen LogP contribution in [0.25, 0.3) is 0 Å². The van der Waals surface area contributed by atoms with E-state index in [1.165, 1.54) is 6.26 Å². The van der Waals surface area contributed by atoms with E-state index in [0.717, 1.165) is 44.2 Å². The highest BCUT2D eigenvalue weighted by atomic mass is 32.1. The SMILES string of the molecule is O=C(c1ccoc1)N1CCOC[C@@]2(CCN(Cc3nccs3)C2)C1. The lowest BCUT2D eigenvalue weighted by Gasteiger charge is -2.31. The summed E-state index contributed by atoms with van der Waals surface area (Å²) in [7, 11) is 0. The lowest BCUT2D eigenvalue weighted by molar-refractivity contribution is 0.0644. The van der Waals surface area contributed by atoms with Gasteiger partial charge in [-0.05, 0) is 19.0 Å². The van der Waals surface area contributed by atoms with Crippen molar-refractivity contribution in [3.05, 3.63) is 40.7 Å². The molecule has 1 atom stereocenters. The molecule has 0 saturated carbocycles. The minimum absolute atomic E-state index is 0.0210. The minimum Gasteiger partial charge on any atom is -0.472 e. The number of amides is 1. The zero-order valence-corrected chi connectivity index (χ0v) is 14.3. The number of carbonyl (C=O) groups excluding carboxylic acids is 1. The molecule has 0 bridgehead atoms. The molecule has 2 aliphatic rings. The van der Waals surface area contributed by atoms with Gasteiger partial charge in [0.15, 0.2) is 0 Å². The molecule has 0 aromatic carbocycles. The summed E-state index contributed by atoms with van der Waals surface area (Å²) in [6.45, 7) is 5.55. The molecule has 0 radical (unpaired) electrons. The number of hydrogen-bond acceptors (Lipinski definition) is 6. The highest BCUT2D eigenvalue weighted by Crippen LogP contribution is 2.34. The molecule has 24 heavy (non-hydrogen) atoms. The number of rotatable bonds is 3. The molecule has 1 spiro atoms. The van der Waals surface area contributed by atoms with E-state index < -0.39 is 0 Å². The van der Waals surface area contributed by atoms with Crippen LogP contribution in [-0.4, -0.2) is 60.1 Å². The van der Waals surface area contributed by atoms with Crippen molar-refractivity contribution in [3.8, 4) is 0 Å². The van der Waals surface area contributed by atoms with Gasteiger partial charge in [0.2, 0.25) is 0 Å². The van der Waals surface area contributed by atoms with E-state index in [2.05, 4.69) is 9.88 Å². The third-order valence-electron chi connectivity index (χ3n) is 4.86. The van der Waals surface area contributed by atoms with Gasteiger partial charge in [0.05, 0.1) is 31.6 Å². The first kappa shape index (κ1) is 15.8. The topological polar surface area (TPSA) is 58.8 Å². The number of aromatic nitrogens is 1. The Bertz CT molecular complexity index is 673. The maximum atomic E-state index is 12.7. The Hall–Kier alpha value is -1.70. The van der Waals surface area contributed by atoms with Gasteiger partial charge in [-0.15, -0.1) is 11.3 Å². The molecule has 0 unspecified atom stereocenters. The Kier molecular flexibility index (Phi) is 4.39. The fourth-order valence-corrected chi connectivity index (χ4v) is 4.32. The van der Waals surface area contributed by atoms with Crippen molar-refractivity contribution >= 4 is 17.2 Å². The van der Waals surface area contributed by atoms with Crippen molar-refractivity contribution in [2.24, 2.45) is 5.41 Å². The Labute approximate surface area is 145 Å². The number of hydrogen-bond donors (Lipinski definition) is 0. The zero-order valence-electron chi connectivity index (χ0n) is 13.5. The van der Waals surface area contributed by atoms with E-state index in [9.17, 15) is 4.79 Å². The van der Waals surface area contributed by atoms with Gasteiger partial charge < -0.3 is 14.1 Å². The standard InChI is InChI=1S/C17H21N3O3S/c21-16(14-1-6-22-10-14)20-5-7-23-13-17(12-20)2-4-19(11-17)9-15-18-3-8-24-15/h1,3,6,8,10H,2,4-5,7,9,11-13H2/t17-/m1/s1. The highest BCUT2D eigenvalue weighted by molar-refractivity contribution is 7.09. The summed E-state index contributed by atoms with van der Waals surface area (Å²) in [5, 5.41) is 3.16. The van der Waals surface area contributed by atoms with E-state index in [-0.39, 0.29) is 11.3 Å². The second-order valence-electron chi connectivity index (χ2n) is 6.68. The molecule has 2 aliphatic heterocycles. The monoisotopic (exact) mass is 347 g/mol. The second kappa shape index (κ2) is 6.66. The fraction of sp³-hybridized carbons (Fsp3) is 0.529. The molecule has 7 heteroatoms. The molecule has 6 nitrogen and oxygen atoms in total. The van der Waals surface area contributed by atoms with Gasteiger partial charge in [-0.2, -0.15) is 0 Å². The van der Waals surface area contributed by atoms with E-state index in [1.54, 1.807) is 23.7 Å². The molecule has 4 heterocycles. The normalized spacial score (nSPS) is 25.2. The third kappa shape index (κ3) is 3.24. The number of carbonyl (C=O) groups is 1. The number of thiazole rings is 1. The predicted molar refractivity (Wildman–Crippen MR) is 89.9 cm³/mol. The van der Waals surface area contributed by atoms with Crippen LogP contribution in [0.5, 0.6) is 0 Å². The van der Waals surface area contributed by atoms with Crippen LogP contribution in [-0.2, 0) is 11.3 Å². The molecule has 2 fully saturated rings. The Morgan fingerprint density at radius 1 is 1.38 bits per heavy atom. The first-order chi connectivity index (χ1) is 11.7. The predicted octanol–water partition coefficient (Wildman–Crippen LogP) is 2.10. The second-order valence-corrected chi connectivity index (χ2v) is 7.66. The largest absolute Gasteiger partial charge is 0.472 e. The molecular weight excluding hydrogens is 326 g/mol. The average Bonchev–Trinajstić information content (AvgIpc) is 3.30. The quantitative estimate of drug-likeness (QED) is 0.851. The van der Waals surface area contributed by atoms with Crippen LogP contribution in [0.2, 0.25) is 0 Å². The molecule has 0 N–H and O–H groups in total. The van der Waals surface area contributed by atoms with Gasteiger partial charge >= 0.3 is 0 Å². The van der Waals surface area contributed by atoms with E-state index in [1.807, 2.05) is 16.5 Å². The van der Waals surface area contributed by atoms with Gasteiger partial charge in [0.25, 0.3) is 5.91 Å². The van der Waals surface area contributed by atoms with Crippen LogP contribution in [0.4, 0.5) is 0 Å². The first-order valence-corrected chi connectivity index (χ1v) is 9.12. The van der Waals surface area contributed by atoms with Crippen molar-refractivity contribution in [3.63, 3.8) is 0 Å². The number of ether oxygens (including phenoxy) is 1. The summed E-state index contributed by atoms with van der Waals surface area (Å²) in [6.07, 6.45) is 5.96. The lowest BCUT2D eigenvalue weighted by atomic mass is 9.87. The van der Waals surface area contributed by atoms with Gasteiger partial charge in [-0.3, -0.25) is 9.69 Å². The Morgan fingerprint density at radius 2 is 2.33 bits per heavy atom. The van der Waals surface area contributed by atoms with Crippen molar-refractivity contribution in [1.82, 2.24) is 14.8 Å². The molecular formula is C17H21N3O3S. The van der Waals surface area contributed by atoms with Crippen LogP contribution >= 0.6 is 11.3 Å². The number of likely N-dealkylation sites (tertiary alicyclic amines) is 1. The summed E-state index contributed by atoms with van der Waals surface area (Å²) in [5.74, 6) is 0.0343. The Morgan fingerprint density at radius 3 is 3.12 bits per heavy atom. The van der Waals surface area contributed by atoms with Crippen LogP contribution in [0.15, 0.2) is 34.6 Å². The van der Waals surface area contributed by atoms with Gasteiger partial charge in [-0.25, -0.2) is 4.98 Å². The summed E-state index contributed by atoms with van der Waals surface area (Å²) >= 11 is 1.69. The molecule has 2 aromatic rings. The van der Waals surface area contributed by atoms with Crippen LogP contribution in [0.3, 0.4) is 0 Å². The van der Waals surface area contributed by atoms with E-state index in [0.29, 0.717) is 18.7 Å².